The van der Waals surface area contributed by atoms with Crippen LogP contribution in [0.3, 0.4) is 0 Å². The van der Waals surface area contributed by atoms with E-state index in [9.17, 15) is 4.79 Å². The molecule has 1 amide bonds. The Bertz CT molecular complexity index is 331. The zero-order valence-corrected chi connectivity index (χ0v) is 10.4. The molecular weight excluding hydrogens is 222 g/mol. The van der Waals surface area contributed by atoms with Crippen molar-refractivity contribution in [3.05, 3.63) is 12.2 Å². The lowest BCUT2D eigenvalue weighted by molar-refractivity contribution is 0.0528. The monoisotopic (exact) mass is 241 g/mol. The zero-order valence-electron chi connectivity index (χ0n) is 10.4. The van der Waals surface area contributed by atoms with Gasteiger partial charge in [-0.25, -0.2) is 9.78 Å². The van der Waals surface area contributed by atoms with E-state index in [2.05, 4.69) is 25.8 Å². The van der Waals surface area contributed by atoms with Gasteiger partial charge in [0.2, 0.25) is 0 Å². The molecule has 7 heteroatoms. The second-order valence-electron chi connectivity index (χ2n) is 4.54. The van der Waals surface area contributed by atoms with Crippen molar-refractivity contribution in [3.8, 4) is 0 Å². The van der Waals surface area contributed by atoms with Crippen LogP contribution in [0.4, 0.5) is 4.79 Å². The van der Waals surface area contributed by atoms with Crippen molar-refractivity contribution in [2.75, 3.05) is 13.1 Å². The van der Waals surface area contributed by atoms with Gasteiger partial charge in [-0.05, 0) is 20.8 Å². The molecule has 0 aliphatic carbocycles. The van der Waals surface area contributed by atoms with Gasteiger partial charge in [-0.2, -0.15) is 5.10 Å². The van der Waals surface area contributed by atoms with Crippen LogP contribution in [-0.2, 0) is 11.3 Å². The molecule has 1 heterocycles. The molecule has 0 aromatic carbocycles. The number of nitrogens with one attached hydrogen (secondary N) is 3. The molecule has 0 fully saturated rings. The summed E-state index contributed by atoms with van der Waals surface area (Å²) in [4.78, 5) is 15.2. The van der Waals surface area contributed by atoms with Crippen LogP contribution in [0, 0.1) is 0 Å². The van der Waals surface area contributed by atoms with Crippen LogP contribution in [0.1, 0.15) is 26.6 Å². The lowest BCUT2D eigenvalue weighted by Gasteiger charge is -2.19. The predicted molar refractivity (Wildman–Crippen MR) is 62.3 cm³/mol. The van der Waals surface area contributed by atoms with Crippen molar-refractivity contribution in [3.63, 3.8) is 0 Å². The van der Waals surface area contributed by atoms with Crippen molar-refractivity contribution in [2.24, 2.45) is 0 Å². The summed E-state index contributed by atoms with van der Waals surface area (Å²) >= 11 is 0. The fourth-order valence-corrected chi connectivity index (χ4v) is 1.09. The predicted octanol–water partition coefficient (Wildman–Crippen LogP) is 0.419. The summed E-state index contributed by atoms with van der Waals surface area (Å²) in [5.41, 5.74) is -0.461. The molecule has 7 nitrogen and oxygen atoms in total. The molecule has 0 aliphatic rings. The maximum Gasteiger partial charge on any atom is 0.407 e. The average molecular weight is 241 g/mol. The zero-order chi connectivity index (χ0) is 12.7. The largest absolute Gasteiger partial charge is 0.444 e. The van der Waals surface area contributed by atoms with Crippen LogP contribution in [-0.4, -0.2) is 40.0 Å². The Kier molecular flexibility index (Phi) is 4.89. The molecule has 3 N–H and O–H groups in total. The van der Waals surface area contributed by atoms with E-state index >= 15 is 0 Å². The van der Waals surface area contributed by atoms with Gasteiger partial charge in [0.15, 0.2) is 0 Å². The van der Waals surface area contributed by atoms with E-state index in [4.69, 9.17) is 4.74 Å². The number of hydrogen-bond acceptors (Lipinski definition) is 5. The molecule has 0 bridgehead atoms. The first-order valence-corrected chi connectivity index (χ1v) is 5.49. The van der Waals surface area contributed by atoms with E-state index in [1.807, 2.05) is 20.8 Å². The Morgan fingerprint density at radius 3 is 2.82 bits per heavy atom. The Labute approximate surface area is 100 Å². The molecule has 96 valence electrons. The molecular formula is C10H19N5O2. The minimum atomic E-state index is -0.461. The van der Waals surface area contributed by atoms with E-state index in [0.29, 0.717) is 19.6 Å². The fourth-order valence-electron chi connectivity index (χ4n) is 1.09. The summed E-state index contributed by atoms with van der Waals surface area (Å²) in [6, 6.07) is 0. The third-order valence-electron chi connectivity index (χ3n) is 1.73. The summed E-state index contributed by atoms with van der Waals surface area (Å²) in [7, 11) is 0. The summed E-state index contributed by atoms with van der Waals surface area (Å²) < 4.78 is 5.08. The van der Waals surface area contributed by atoms with Crippen LogP contribution in [0.25, 0.3) is 0 Å². The van der Waals surface area contributed by atoms with E-state index in [1.54, 1.807) is 0 Å². The Balaban J connectivity index is 2.02. The highest BCUT2D eigenvalue weighted by Gasteiger charge is 2.15. The second-order valence-corrected chi connectivity index (χ2v) is 4.54. The van der Waals surface area contributed by atoms with E-state index in [1.165, 1.54) is 6.33 Å². The highest BCUT2D eigenvalue weighted by atomic mass is 16.6. The van der Waals surface area contributed by atoms with Gasteiger partial charge in [0, 0.05) is 13.1 Å². The minimum absolute atomic E-state index is 0.404. The molecule has 1 aromatic heterocycles. The number of hydrogen-bond donors (Lipinski definition) is 3. The normalized spacial score (nSPS) is 11.2. The number of carbonyl (C=O) groups is 1. The standard InChI is InChI=1S/C10H19N5O2/c1-10(2,3)17-9(16)12-5-4-11-6-8-13-7-14-15-8/h7,11H,4-6H2,1-3H3,(H,12,16)(H,13,14,15). The molecule has 0 saturated carbocycles. The third kappa shape index (κ3) is 6.52. The molecule has 1 rings (SSSR count). The molecule has 0 aliphatic heterocycles. The molecule has 1 aromatic rings. The first-order valence-electron chi connectivity index (χ1n) is 5.49. The molecule has 0 atom stereocenters. The topological polar surface area (TPSA) is 91.9 Å². The van der Waals surface area contributed by atoms with E-state index in [-0.39, 0.29) is 0 Å². The van der Waals surface area contributed by atoms with Gasteiger partial charge in [0.1, 0.15) is 17.8 Å². The smallest absolute Gasteiger partial charge is 0.407 e. The molecule has 17 heavy (non-hydrogen) atoms. The van der Waals surface area contributed by atoms with Gasteiger partial charge in [-0.1, -0.05) is 0 Å². The second kappa shape index (κ2) is 6.19. The minimum Gasteiger partial charge on any atom is -0.444 e. The Hall–Kier alpha value is -1.63. The summed E-state index contributed by atoms with van der Waals surface area (Å²) in [6.07, 6.45) is 1.05. The van der Waals surface area contributed by atoms with Crippen LogP contribution >= 0.6 is 0 Å². The highest BCUT2D eigenvalue weighted by molar-refractivity contribution is 5.67. The van der Waals surface area contributed by atoms with E-state index in [0.717, 1.165) is 5.82 Å². The Morgan fingerprint density at radius 2 is 2.24 bits per heavy atom. The molecule has 0 spiro atoms. The molecule has 0 unspecified atom stereocenters. The quantitative estimate of drug-likeness (QED) is 0.650. The average Bonchev–Trinajstić information content (AvgIpc) is 2.67. The van der Waals surface area contributed by atoms with Gasteiger partial charge in [0.25, 0.3) is 0 Å². The van der Waals surface area contributed by atoms with Crippen molar-refractivity contribution >= 4 is 6.09 Å². The van der Waals surface area contributed by atoms with Crippen LogP contribution in [0.5, 0.6) is 0 Å². The first-order chi connectivity index (χ1) is 7.97. The van der Waals surface area contributed by atoms with Gasteiger partial charge in [-0.3, -0.25) is 5.10 Å². The van der Waals surface area contributed by atoms with Gasteiger partial charge in [-0.15, -0.1) is 0 Å². The maximum atomic E-state index is 11.3. The van der Waals surface area contributed by atoms with Crippen molar-refractivity contribution in [1.82, 2.24) is 25.8 Å². The molecule has 0 saturated heterocycles. The van der Waals surface area contributed by atoms with Crippen molar-refractivity contribution in [2.45, 2.75) is 32.9 Å². The SMILES string of the molecule is CC(C)(C)OC(=O)NCCNCc1ncn[nH]1. The number of alkyl carbamates (subject to hydrolysis) is 1. The van der Waals surface area contributed by atoms with Crippen LogP contribution < -0.4 is 10.6 Å². The highest BCUT2D eigenvalue weighted by Crippen LogP contribution is 2.05. The Morgan fingerprint density at radius 1 is 1.47 bits per heavy atom. The number of amides is 1. The van der Waals surface area contributed by atoms with Crippen LogP contribution in [0.15, 0.2) is 6.33 Å². The van der Waals surface area contributed by atoms with Gasteiger partial charge < -0.3 is 15.4 Å². The lowest BCUT2D eigenvalue weighted by Crippen LogP contribution is -2.36. The van der Waals surface area contributed by atoms with E-state index < -0.39 is 11.7 Å². The van der Waals surface area contributed by atoms with Gasteiger partial charge in [0.05, 0.1) is 6.54 Å². The van der Waals surface area contributed by atoms with Crippen LogP contribution in [0.2, 0.25) is 0 Å². The summed E-state index contributed by atoms with van der Waals surface area (Å²) in [5, 5.41) is 12.2. The number of H-pyrrole nitrogens is 1. The fraction of sp³-hybridized carbons (Fsp3) is 0.700. The number of aromatic amines is 1. The number of aromatic nitrogens is 3. The van der Waals surface area contributed by atoms with Gasteiger partial charge >= 0.3 is 6.09 Å². The maximum absolute atomic E-state index is 11.3. The number of nitrogens with zero attached hydrogens (tertiary/aromatic N) is 2. The third-order valence-corrected chi connectivity index (χ3v) is 1.73. The molecule has 0 radical (unpaired) electrons. The number of carbonyl (C=O) groups excluding carboxylic acids is 1. The lowest BCUT2D eigenvalue weighted by atomic mass is 10.2. The summed E-state index contributed by atoms with van der Waals surface area (Å²) in [6.45, 7) is 7.22. The number of ether oxygens (including phenoxy) is 1. The summed E-state index contributed by atoms with van der Waals surface area (Å²) in [5.74, 6) is 0.766. The number of rotatable bonds is 5. The van der Waals surface area contributed by atoms with Crippen molar-refractivity contribution < 1.29 is 9.53 Å². The first kappa shape index (κ1) is 13.4. The van der Waals surface area contributed by atoms with Crippen molar-refractivity contribution in [1.29, 1.82) is 0 Å².